The zero-order valence-corrected chi connectivity index (χ0v) is 21.0. The summed E-state index contributed by atoms with van der Waals surface area (Å²) in [5.41, 5.74) is 0.313. The molecular weight excluding hydrogens is 516 g/mol. The number of carbonyl (C=O) groups is 4. The second-order valence-corrected chi connectivity index (χ2v) is 9.53. The topological polar surface area (TPSA) is 122 Å². The highest BCUT2D eigenvalue weighted by molar-refractivity contribution is 9.10. The van der Waals surface area contributed by atoms with Gasteiger partial charge in [0.15, 0.2) is 6.61 Å². The van der Waals surface area contributed by atoms with Crippen LogP contribution in [0.2, 0.25) is 0 Å². The summed E-state index contributed by atoms with van der Waals surface area (Å²) >= 11 is 4.53. The van der Waals surface area contributed by atoms with Gasteiger partial charge in [-0.05, 0) is 44.0 Å². The highest BCUT2D eigenvalue weighted by atomic mass is 79.9. The maximum Gasteiger partial charge on any atom is 0.352 e. The molecule has 1 heterocycles. The Kier molecular flexibility index (Phi) is 10.2. The van der Waals surface area contributed by atoms with E-state index in [2.05, 4.69) is 21.2 Å². The Morgan fingerprint density at radius 1 is 1.27 bits per heavy atom. The van der Waals surface area contributed by atoms with Gasteiger partial charge in [-0.1, -0.05) is 28.9 Å². The van der Waals surface area contributed by atoms with Crippen molar-refractivity contribution in [2.45, 2.75) is 45.0 Å². The van der Waals surface area contributed by atoms with E-state index in [-0.39, 0.29) is 24.7 Å². The summed E-state index contributed by atoms with van der Waals surface area (Å²) in [4.78, 5) is 49.9. The number of esters is 1. The van der Waals surface area contributed by atoms with Gasteiger partial charge in [0, 0.05) is 10.2 Å². The molecule has 2 N–H and O–H groups in total. The van der Waals surface area contributed by atoms with Gasteiger partial charge in [-0.25, -0.2) is 4.79 Å². The van der Waals surface area contributed by atoms with Gasteiger partial charge in [-0.3, -0.25) is 19.3 Å². The molecule has 0 bridgehead atoms. The molecule has 1 aliphatic rings. The van der Waals surface area contributed by atoms with E-state index in [9.17, 15) is 24.3 Å². The second-order valence-electron chi connectivity index (χ2n) is 7.39. The third-order valence-electron chi connectivity index (χ3n) is 4.50. The number of halogens is 1. The van der Waals surface area contributed by atoms with Crippen LogP contribution in [0.5, 0.6) is 5.75 Å². The molecule has 1 aliphatic heterocycles. The van der Waals surface area contributed by atoms with E-state index in [1.54, 1.807) is 32.0 Å². The molecule has 0 aliphatic carbocycles. The van der Waals surface area contributed by atoms with Crippen molar-refractivity contribution in [3.05, 3.63) is 40.0 Å². The molecule has 0 spiro atoms. The standard InChI is InChI=1S/C22H27BrN2O7S/c1-4-9-31-17(27)8-10-33-21-18(20(28)25(21)19(13(2)3)22(29)30)24-16(26)12-32-15-7-5-6-14(23)11-15/h5-7,11,18,21H,4,8-10,12H2,1-3H3,(H,24,26)(H,29,30). The number of carbonyl (C=O) groups excluding carboxylic acids is 3. The molecule has 33 heavy (non-hydrogen) atoms. The fourth-order valence-corrected chi connectivity index (χ4v) is 4.67. The van der Waals surface area contributed by atoms with Crippen LogP contribution in [-0.4, -0.2) is 64.1 Å². The summed E-state index contributed by atoms with van der Waals surface area (Å²) < 4.78 is 11.3. The first-order valence-electron chi connectivity index (χ1n) is 10.3. The van der Waals surface area contributed by atoms with Gasteiger partial charge in [0.2, 0.25) is 0 Å². The van der Waals surface area contributed by atoms with Gasteiger partial charge >= 0.3 is 11.9 Å². The monoisotopic (exact) mass is 542 g/mol. The Balaban J connectivity index is 2.04. The van der Waals surface area contributed by atoms with Crippen LogP contribution in [0.15, 0.2) is 40.0 Å². The summed E-state index contributed by atoms with van der Waals surface area (Å²) in [6.07, 6.45) is 0.815. The molecule has 1 fully saturated rings. The number of rotatable bonds is 12. The number of benzene rings is 1. The van der Waals surface area contributed by atoms with E-state index >= 15 is 0 Å². The Hall–Kier alpha value is -2.53. The molecule has 0 aromatic heterocycles. The number of nitrogens with one attached hydrogen (secondary N) is 1. The predicted molar refractivity (Wildman–Crippen MR) is 127 cm³/mol. The normalized spacial score (nSPS) is 17.1. The quantitative estimate of drug-likeness (QED) is 0.235. The van der Waals surface area contributed by atoms with Gasteiger partial charge in [-0.15, -0.1) is 11.8 Å². The minimum atomic E-state index is -1.24. The molecule has 0 radical (unpaired) electrons. The van der Waals surface area contributed by atoms with Crippen LogP contribution < -0.4 is 10.1 Å². The molecule has 11 heteroatoms. The van der Waals surface area contributed by atoms with E-state index in [0.29, 0.717) is 30.1 Å². The lowest BCUT2D eigenvalue weighted by molar-refractivity contribution is -0.150. The number of β-lactam (4-membered cyclic amide) rings is 1. The minimum Gasteiger partial charge on any atom is -0.484 e. The first-order chi connectivity index (χ1) is 15.6. The summed E-state index contributed by atoms with van der Waals surface area (Å²) in [5.74, 6) is -1.88. The number of ether oxygens (including phenoxy) is 2. The van der Waals surface area contributed by atoms with Crippen LogP contribution in [0.4, 0.5) is 0 Å². The second kappa shape index (κ2) is 12.6. The number of likely N-dealkylation sites (tertiary alicyclic amines) is 1. The van der Waals surface area contributed by atoms with Crippen molar-refractivity contribution in [2.24, 2.45) is 0 Å². The number of carboxylic acid groups (broad SMARTS) is 1. The zero-order chi connectivity index (χ0) is 24.5. The predicted octanol–water partition coefficient (Wildman–Crippen LogP) is 2.94. The molecule has 180 valence electrons. The smallest absolute Gasteiger partial charge is 0.352 e. The summed E-state index contributed by atoms with van der Waals surface area (Å²) in [7, 11) is 0. The number of carboxylic acids is 1. The van der Waals surface area contributed by atoms with Crippen LogP contribution in [0, 0.1) is 0 Å². The third kappa shape index (κ3) is 7.50. The van der Waals surface area contributed by atoms with Gasteiger partial charge in [-0.2, -0.15) is 0 Å². The number of hydrogen-bond donors (Lipinski definition) is 2. The van der Waals surface area contributed by atoms with Crippen molar-refractivity contribution in [3.8, 4) is 5.75 Å². The summed E-state index contributed by atoms with van der Waals surface area (Å²) in [6.45, 7) is 5.10. The van der Waals surface area contributed by atoms with Crippen LogP contribution in [0.1, 0.15) is 33.6 Å². The van der Waals surface area contributed by atoms with Crippen molar-refractivity contribution in [1.82, 2.24) is 10.2 Å². The molecule has 2 unspecified atom stereocenters. The highest BCUT2D eigenvalue weighted by Crippen LogP contribution is 2.35. The van der Waals surface area contributed by atoms with Crippen LogP contribution >= 0.6 is 27.7 Å². The maximum absolute atomic E-state index is 12.8. The van der Waals surface area contributed by atoms with Crippen molar-refractivity contribution < 1.29 is 33.8 Å². The van der Waals surface area contributed by atoms with Crippen LogP contribution in [0.25, 0.3) is 0 Å². The van der Waals surface area contributed by atoms with E-state index in [4.69, 9.17) is 9.47 Å². The number of allylic oxidation sites excluding steroid dienone is 1. The van der Waals surface area contributed by atoms with Gasteiger partial charge in [0.1, 0.15) is 22.9 Å². The number of nitrogens with zero attached hydrogens (tertiary/aromatic N) is 1. The van der Waals surface area contributed by atoms with Crippen molar-refractivity contribution in [3.63, 3.8) is 0 Å². The van der Waals surface area contributed by atoms with Crippen molar-refractivity contribution >= 4 is 51.4 Å². The van der Waals surface area contributed by atoms with Crippen molar-refractivity contribution in [2.75, 3.05) is 19.0 Å². The van der Waals surface area contributed by atoms with Gasteiger partial charge in [0.05, 0.1) is 13.0 Å². The molecule has 0 saturated carbocycles. The molecule has 1 saturated heterocycles. The fourth-order valence-electron chi connectivity index (χ4n) is 3.04. The van der Waals surface area contributed by atoms with Gasteiger partial charge in [0.25, 0.3) is 11.8 Å². The molecule has 2 amide bonds. The molecule has 1 aromatic rings. The largest absolute Gasteiger partial charge is 0.484 e. The maximum atomic E-state index is 12.8. The lowest BCUT2D eigenvalue weighted by Gasteiger charge is -2.46. The van der Waals surface area contributed by atoms with E-state index in [1.807, 2.05) is 13.0 Å². The Labute approximate surface area is 205 Å². The number of amides is 2. The van der Waals surface area contributed by atoms with E-state index < -0.39 is 29.2 Å². The first kappa shape index (κ1) is 26.7. The Morgan fingerprint density at radius 3 is 2.61 bits per heavy atom. The lowest BCUT2D eigenvalue weighted by atomic mass is 10.0. The Bertz CT molecular complexity index is 933. The zero-order valence-electron chi connectivity index (χ0n) is 18.6. The molecule has 9 nitrogen and oxygen atoms in total. The molecular formula is C22H27BrN2O7S. The Morgan fingerprint density at radius 2 is 2.00 bits per heavy atom. The highest BCUT2D eigenvalue weighted by Gasteiger charge is 2.51. The van der Waals surface area contributed by atoms with Crippen LogP contribution in [0.3, 0.4) is 0 Å². The van der Waals surface area contributed by atoms with E-state index in [1.165, 1.54) is 11.8 Å². The average Bonchev–Trinajstić information content (AvgIpc) is 2.76. The SMILES string of the molecule is CCCOC(=O)CCSC1C(NC(=O)COc2cccc(Br)c2)C(=O)N1C(C(=O)O)=C(C)C. The summed E-state index contributed by atoms with van der Waals surface area (Å²) in [5, 5.41) is 11.5. The van der Waals surface area contributed by atoms with Gasteiger partial charge < -0.3 is 19.9 Å². The molecule has 2 rings (SSSR count). The number of aliphatic carboxylic acids is 1. The first-order valence-corrected chi connectivity index (χ1v) is 12.2. The lowest BCUT2D eigenvalue weighted by Crippen LogP contribution is -2.69. The average molecular weight is 543 g/mol. The van der Waals surface area contributed by atoms with Crippen molar-refractivity contribution in [1.29, 1.82) is 0 Å². The van der Waals surface area contributed by atoms with E-state index in [0.717, 1.165) is 9.37 Å². The molecule has 1 aromatic carbocycles. The third-order valence-corrected chi connectivity index (χ3v) is 6.26. The number of thioether (sulfide) groups is 1. The summed E-state index contributed by atoms with van der Waals surface area (Å²) in [6, 6.07) is 6.04. The minimum absolute atomic E-state index is 0.104. The van der Waals surface area contributed by atoms with Crippen LogP contribution in [-0.2, 0) is 23.9 Å². The number of hydrogen-bond acceptors (Lipinski definition) is 7. The molecule has 2 atom stereocenters. The fraction of sp³-hybridized carbons (Fsp3) is 0.455.